The molecule has 0 spiro atoms. The third-order valence-electron chi connectivity index (χ3n) is 4.73. The van der Waals surface area contributed by atoms with Crippen LogP contribution in [0.4, 0.5) is 11.6 Å². The van der Waals surface area contributed by atoms with E-state index in [-0.39, 0.29) is 22.5 Å². The Labute approximate surface area is 164 Å². The van der Waals surface area contributed by atoms with Crippen molar-refractivity contribution in [3.8, 4) is 11.1 Å². The second-order valence-corrected chi connectivity index (χ2v) is 6.55. The zero-order valence-electron chi connectivity index (χ0n) is 15.9. The van der Waals surface area contributed by atoms with Crippen molar-refractivity contribution in [2.75, 3.05) is 25.6 Å². The van der Waals surface area contributed by atoms with E-state index in [0.717, 1.165) is 5.56 Å². The summed E-state index contributed by atoms with van der Waals surface area (Å²) in [6, 6.07) is 11.7. The summed E-state index contributed by atoms with van der Waals surface area (Å²) < 4.78 is 16.7. The van der Waals surface area contributed by atoms with E-state index in [9.17, 15) is 14.9 Å². The quantitative estimate of drug-likeness (QED) is 0.222. The van der Waals surface area contributed by atoms with E-state index >= 15 is 0 Å². The molecule has 0 unspecified atom stereocenters. The van der Waals surface area contributed by atoms with Gasteiger partial charge in [-0.1, -0.05) is 24.3 Å². The van der Waals surface area contributed by atoms with Crippen LogP contribution in [0.5, 0.6) is 0 Å². The normalized spacial score (nSPS) is 11.2. The van der Waals surface area contributed by atoms with Crippen LogP contribution in [0.2, 0.25) is 0 Å². The highest BCUT2D eigenvalue weighted by Gasteiger charge is 2.27. The van der Waals surface area contributed by atoms with E-state index < -0.39 is 10.5 Å². The van der Waals surface area contributed by atoms with Crippen LogP contribution in [0, 0.1) is 17.0 Å². The number of anilines is 1. The average molecular weight is 394 g/mol. The highest BCUT2D eigenvalue weighted by atomic mass is 16.6. The summed E-state index contributed by atoms with van der Waals surface area (Å²) in [5, 5.41) is 15.5. The van der Waals surface area contributed by atoms with Gasteiger partial charge in [0.05, 0.1) is 28.0 Å². The number of hydrogen-bond donors (Lipinski definition) is 1. The molecule has 4 rings (SSSR count). The van der Waals surface area contributed by atoms with Gasteiger partial charge in [0, 0.05) is 19.7 Å². The fourth-order valence-corrected chi connectivity index (χ4v) is 3.42. The van der Waals surface area contributed by atoms with Crippen molar-refractivity contribution in [3.05, 3.63) is 68.6 Å². The predicted molar refractivity (Wildman–Crippen MR) is 109 cm³/mol. The first-order chi connectivity index (χ1) is 14.0. The first-order valence-electron chi connectivity index (χ1n) is 8.98. The number of nitro groups is 1. The van der Waals surface area contributed by atoms with Crippen molar-refractivity contribution in [1.82, 2.24) is 0 Å². The van der Waals surface area contributed by atoms with Gasteiger partial charge in [-0.15, -0.1) is 0 Å². The number of nitro benzene ring substituents is 1. The van der Waals surface area contributed by atoms with Gasteiger partial charge in [0.1, 0.15) is 11.0 Å². The number of nitrogens with zero attached hydrogens (tertiary/aromatic N) is 1. The number of ether oxygens (including phenoxy) is 1. The molecule has 29 heavy (non-hydrogen) atoms. The van der Waals surface area contributed by atoms with E-state index in [0.29, 0.717) is 35.3 Å². The third-order valence-corrected chi connectivity index (χ3v) is 4.73. The third kappa shape index (κ3) is 3.13. The Kier molecular flexibility index (Phi) is 4.77. The molecule has 0 amide bonds. The predicted octanol–water partition coefficient (Wildman–Crippen LogP) is 4.48. The van der Waals surface area contributed by atoms with Gasteiger partial charge in [-0.25, -0.2) is 4.79 Å². The van der Waals surface area contributed by atoms with E-state index in [2.05, 4.69) is 5.32 Å². The molecule has 2 heterocycles. The van der Waals surface area contributed by atoms with Crippen LogP contribution in [0.3, 0.4) is 0 Å². The van der Waals surface area contributed by atoms with Crippen molar-refractivity contribution < 1.29 is 18.5 Å². The van der Waals surface area contributed by atoms with E-state index in [4.69, 9.17) is 13.6 Å². The monoisotopic (exact) mass is 394 g/mol. The highest BCUT2D eigenvalue weighted by Crippen LogP contribution is 2.43. The molecule has 0 aliphatic carbocycles. The lowest BCUT2D eigenvalue weighted by atomic mass is 10.0. The van der Waals surface area contributed by atoms with Gasteiger partial charge in [-0.2, -0.15) is 0 Å². The molecular weight excluding hydrogens is 376 g/mol. The Hall–Kier alpha value is -3.65. The van der Waals surface area contributed by atoms with Gasteiger partial charge in [0.25, 0.3) is 5.69 Å². The number of aryl methyl sites for hydroxylation is 1. The SMILES string of the molecule is COCCNc1oc2c(c1-c1ccccc1[N+](=O)[O-])c(=O)oc1c(C)cccc12. The average Bonchev–Trinajstić information content (AvgIpc) is 3.09. The van der Waals surface area contributed by atoms with Gasteiger partial charge in [0.2, 0.25) is 5.88 Å². The number of para-hydroxylation sites is 2. The number of methoxy groups -OCH3 is 1. The topological polar surface area (TPSA) is 108 Å². The summed E-state index contributed by atoms with van der Waals surface area (Å²) >= 11 is 0. The highest BCUT2D eigenvalue weighted by molar-refractivity contribution is 6.11. The van der Waals surface area contributed by atoms with Crippen molar-refractivity contribution >= 4 is 33.5 Å². The lowest BCUT2D eigenvalue weighted by Gasteiger charge is -2.06. The van der Waals surface area contributed by atoms with E-state index in [1.54, 1.807) is 31.4 Å². The van der Waals surface area contributed by atoms with Gasteiger partial charge >= 0.3 is 5.63 Å². The minimum absolute atomic E-state index is 0.131. The molecule has 0 bridgehead atoms. The molecule has 0 aliphatic heterocycles. The van der Waals surface area contributed by atoms with Crippen LogP contribution in [0.1, 0.15) is 5.56 Å². The lowest BCUT2D eigenvalue weighted by molar-refractivity contribution is -0.384. The Morgan fingerprint density at radius 1 is 1.10 bits per heavy atom. The first kappa shape index (κ1) is 18.7. The van der Waals surface area contributed by atoms with Crippen molar-refractivity contribution in [3.63, 3.8) is 0 Å². The summed E-state index contributed by atoms with van der Waals surface area (Å²) in [6.07, 6.45) is 0. The molecule has 2 aromatic heterocycles. The molecule has 0 fully saturated rings. The minimum Gasteiger partial charge on any atom is -0.439 e. The van der Waals surface area contributed by atoms with Gasteiger partial charge in [-0.05, 0) is 24.6 Å². The number of benzene rings is 2. The van der Waals surface area contributed by atoms with Crippen LogP contribution in [0.25, 0.3) is 33.1 Å². The molecule has 0 atom stereocenters. The molecule has 8 heteroatoms. The molecule has 0 saturated carbocycles. The number of nitrogens with one attached hydrogen (secondary N) is 1. The fourth-order valence-electron chi connectivity index (χ4n) is 3.42. The summed E-state index contributed by atoms with van der Waals surface area (Å²) in [6.45, 7) is 2.62. The summed E-state index contributed by atoms with van der Waals surface area (Å²) in [5.74, 6) is 0.257. The summed E-state index contributed by atoms with van der Waals surface area (Å²) in [5.41, 5.74) is 1.38. The number of fused-ring (bicyclic) bond motifs is 3. The van der Waals surface area contributed by atoms with Crippen LogP contribution in [0.15, 0.2) is 56.1 Å². The minimum atomic E-state index is -0.613. The summed E-state index contributed by atoms with van der Waals surface area (Å²) in [7, 11) is 1.56. The molecule has 0 saturated heterocycles. The maximum atomic E-state index is 12.9. The van der Waals surface area contributed by atoms with Crippen molar-refractivity contribution in [2.45, 2.75) is 6.92 Å². The van der Waals surface area contributed by atoms with Crippen LogP contribution >= 0.6 is 0 Å². The van der Waals surface area contributed by atoms with Crippen LogP contribution < -0.4 is 10.9 Å². The smallest absolute Gasteiger partial charge is 0.348 e. The Morgan fingerprint density at radius 2 is 1.90 bits per heavy atom. The number of rotatable bonds is 6. The maximum absolute atomic E-state index is 12.9. The Balaban J connectivity index is 2.10. The second-order valence-electron chi connectivity index (χ2n) is 6.55. The van der Waals surface area contributed by atoms with Gasteiger partial charge in [-0.3, -0.25) is 10.1 Å². The van der Waals surface area contributed by atoms with Crippen LogP contribution in [-0.4, -0.2) is 25.2 Å². The Morgan fingerprint density at radius 3 is 2.66 bits per heavy atom. The standard InChI is InChI=1S/C21H18N2O6/c1-12-6-5-8-14-18(12)29-21(24)17-16(13-7-3-4-9-15(13)23(25)26)20(28-19(14)17)22-10-11-27-2/h3-9,22H,10-11H2,1-2H3. The molecule has 0 aliphatic rings. The van der Waals surface area contributed by atoms with Crippen molar-refractivity contribution in [1.29, 1.82) is 0 Å². The molecule has 1 N–H and O–H groups in total. The van der Waals surface area contributed by atoms with Gasteiger partial charge in [0.15, 0.2) is 5.58 Å². The van der Waals surface area contributed by atoms with E-state index in [1.165, 1.54) is 6.07 Å². The van der Waals surface area contributed by atoms with Gasteiger partial charge < -0.3 is 18.9 Å². The Bertz CT molecular complexity index is 1290. The lowest BCUT2D eigenvalue weighted by Crippen LogP contribution is -2.08. The zero-order valence-corrected chi connectivity index (χ0v) is 15.9. The molecule has 148 valence electrons. The molecule has 4 aromatic rings. The fraction of sp³-hybridized carbons (Fsp3) is 0.190. The zero-order chi connectivity index (χ0) is 20.5. The maximum Gasteiger partial charge on any atom is 0.348 e. The van der Waals surface area contributed by atoms with E-state index in [1.807, 2.05) is 19.1 Å². The largest absolute Gasteiger partial charge is 0.439 e. The molecule has 8 nitrogen and oxygen atoms in total. The summed E-state index contributed by atoms with van der Waals surface area (Å²) in [4.78, 5) is 24.0. The molecule has 0 radical (unpaired) electrons. The molecular formula is C21H18N2O6. The second kappa shape index (κ2) is 7.40. The first-order valence-corrected chi connectivity index (χ1v) is 8.98. The van der Waals surface area contributed by atoms with Crippen molar-refractivity contribution in [2.24, 2.45) is 0 Å². The van der Waals surface area contributed by atoms with Crippen LogP contribution in [-0.2, 0) is 4.74 Å². The molecule has 2 aromatic carbocycles. The number of furan rings is 1. The number of hydrogen-bond acceptors (Lipinski definition) is 7.